The SMILES string of the molecule is CCOC(=O)C(=O)Cc1cc(Br)ncc1[N+](=O)[O-]. The first-order chi connectivity index (χ1) is 8.45. The van der Waals surface area contributed by atoms with Gasteiger partial charge in [-0.3, -0.25) is 14.9 Å². The van der Waals surface area contributed by atoms with E-state index in [9.17, 15) is 19.7 Å². The van der Waals surface area contributed by atoms with Crippen LogP contribution in [0.4, 0.5) is 5.69 Å². The Hall–Kier alpha value is -1.83. The molecule has 0 aliphatic rings. The Kier molecular flexibility index (Phi) is 4.90. The number of ether oxygens (including phenoxy) is 1. The van der Waals surface area contributed by atoms with Crippen molar-refractivity contribution in [2.75, 3.05) is 6.61 Å². The summed E-state index contributed by atoms with van der Waals surface area (Å²) in [6.45, 7) is 1.64. The van der Waals surface area contributed by atoms with Crippen LogP contribution in [0.1, 0.15) is 12.5 Å². The molecule has 0 unspecified atom stereocenters. The van der Waals surface area contributed by atoms with E-state index in [4.69, 9.17) is 0 Å². The fraction of sp³-hybridized carbons (Fsp3) is 0.300. The van der Waals surface area contributed by atoms with Gasteiger partial charge in [-0.15, -0.1) is 0 Å². The maximum atomic E-state index is 11.5. The van der Waals surface area contributed by atoms with Gasteiger partial charge in [0.25, 0.3) is 5.69 Å². The molecule has 0 bridgehead atoms. The number of carbonyl (C=O) groups excluding carboxylic acids is 2. The van der Waals surface area contributed by atoms with Gasteiger partial charge in [0.2, 0.25) is 5.78 Å². The molecule has 0 N–H and O–H groups in total. The molecule has 8 heteroatoms. The normalized spacial score (nSPS) is 9.89. The van der Waals surface area contributed by atoms with Crippen molar-refractivity contribution in [2.45, 2.75) is 13.3 Å². The van der Waals surface area contributed by atoms with Crippen molar-refractivity contribution in [3.05, 3.63) is 32.5 Å². The molecule has 0 aliphatic heterocycles. The van der Waals surface area contributed by atoms with Gasteiger partial charge in [0.05, 0.1) is 11.5 Å². The van der Waals surface area contributed by atoms with Gasteiger partial charge in [-0.05, 0) is 28.9 Å². The summed E-state index contributed by atoms with van der Waals surface area (Å²) in [6.07, 6.45) is 0.633. The predicted molar refractivity (Wildman–Crippen MR) is 63.9 cm³/mol. The summed E-state index contributed by atoms with van der Waals surface area (Å²) < 4.78 is 4.87. The summed E-state index contributed by atoms with van der Waals surface area (Å²) in [6, 6.07) is 1.33. The Morgan fingerprint density at radius 2 is 2.22 bits per heavy atom. The Labute approximate surface area is 110 Å². The molecule has 0 saturated heterocycles. The number of aromatic nitrogens is 1. The lowest BCUT2D eigenvalue weighted by Gasteiger charge is -2.03. The van der Waals surface area contributed by atoms with E-state index in [1.165, 1.54) is 6.07 Å². The zero-order valence-electron chi connectivity index (χ0n) is 9.38. The third-order valence-corrected chi connectivity index (χ3v) is 2.42. The van der Waals surface area contributed by atoms with E-state index in [-0.39, 0.29) is 17.9 Å². The topological polar surface area (TPSA) is 99.4 Å². The number of hydrogen-bond acceptors (Lipinski definition) is 6. The molecule has 0 aromatic carbocycles. The first-order valence-electron chi connectivity index (χ1n) is 4.94. The number of nitrogens with zero attached hydrogens (tertiary/aromatic N) is 2. The van der Waals surface area contributed by atoms with Crippen LogP contribution in [0.5, 0.6) is 0 Å². The standard InChI is InChI=1S/C10H9BrN2O5/c1-2-18-10(15)8(14)3-6-4-9(11)12-5-7(6)13(16)17/h4-5H,2-3H2,1H3. The lowest BCUT2D eigenvalue weighted by Crippen LogP contribution is -2.20. The molecule has 1 aromatic heterocycles. The van der Waals surface area contributed by atoms with Crippen molar-refractivity contribution in [2.24, 2.45) is 0 Å². The molecule has 0 fully saturated rings. The van der Waals surface area contributed by atoms with Crippen LogP contribution in [0.3, 0.4) is 0 Å². The Balaban J connectivity index is 2.96. The first kappa shape index (κ1) is 14.2. The average molecular weight is 317 g/mol. The average Bonchev–Trinajstić information content (AvgIpc) is 2.28. The monoisotopic (exact) mass is 316 g/mol. The Morgan fingerprint density at radius 3 is 2.78 bits per heavy atom. The number of ketones is 1. The minimum Gasteiger partial charge on any atom is -0.460 e. The van der Waals surface area contributed by atoms with E-state index >= 15 is 0 Å². The van der Waals surface area contributed by atoms with E-state index < -0.39 is 23.1 Å². The molecule has 7 nitrogen and oxygen atoms in total. The lowest BCUT2D eigenvalue weighted by molar-refractivity contribution is -0.385. The van der Waals surface area contributed by atoms with Crippen LogP contribution in [0.15, 0.2) is 16.9 Å². The van der Waals surface area contributed by atoms with Crippen LogP contribution >= 0.6 is 15.9 Å². The van der Waals surface area contributed by atoms with Gasteiger partial charge in [-0.2, -0.15) is 0 Å². The van der Waals surface area contributed by atoms with E-state index in [0.29, 0.717) is 4.60 Å². The number of esters is 1. The first-order valence-corrected chi connectivity index (χ1v) is 5.73. The van der Waals surface area contributed by atoms with Crippen molar-refractivity contribution in [1.82, 2.24) is 4.98 Å². The molecular formula is C10H9BrN2O5. The van der Waals surface area contributed by atoms with Crippen molar-refractivity contribution in [3.63, 3.8) is 0 Å². The summed E-state index contributed by atoms with van der Waals surface area (Å²) in [5.41, 5.74) is -0.198. The number of rotatable bonds is 5. The number of pyridine rings is 1. The minimum atomic E-state index is -1.00. The highest BCUT2D eigenvalue weighted by atomic mass is 79.9. The molecule has 1 heterocycles. The van der Waals surface area contributed by atoms with Crippen molar-refractivity contribution in [1.29, 1.82) is 0 Å². The highest BCUT2D eigenvalue weighted by Gasteiger charge is 2.22. The second-order valence-electron chi connectivity index (χ2n) is 3.21. The van der Waals surface area contributed by atoms with Crippen LogP contribution in [0.2, 0.25) is 0 Å². The number of nitro groups is 1. The van der Waals surface area contributed by atoms with Gasteiger partial charge in [-0.1, -0.05) is 0 Å². The smallest absolute Gasteiger partial charge is 0.374 e. The molecular weight excluding hydrogens is 308 g/mol. The summed E-state index contributed by atoms with van der Waals surface area (Å²) in [4.78, 5) is 36.4. The van der Waals surface area contributed by atoms with Crippen molar-refractivity contribution in [3.8, 4) is 0 Å². The summed E-state index contributed by atoms with van der Waals surface area (Å²) in [5.74, 6) is -1.84. The highest BCUT2D eigenvalue weighted by molar-refractivity contribution is 9.10. The predicted octanol–water partition coefficient (Wildman–Crippen LogP) is 1.43. The number of Topliss-reactive ketones (excluding diaryl/α,β-unsaturated/α-hetero) is 1. The van der Waals surface area contributed by atoms with Crippen molar-refractivity contribution < 1.29 is 19.2 Å². The summed E-state index contributed by atoms with van der Waals surface area (Å²) in [7, 11) is 0. The number of carbonyl (C=O) groups is 2. The third kappa shape index (κ3) is 3.59. The molecule has 1 aromatic rings. The van der Waals surface area contributed by atoms with E-state index in [1.807, 2.05) is 0 Å². The molecule has 0 spiro atoms. The van der Waals surface area contributed by atoms with Crippen LogP contribution in [0, 0.1) is 10.1 Å². The van der Waals surface area contributed by atoms with Gasteiger partial charge in [0, 0.05) is 12.0 Å². The number of halogens is 1. The Bertz CT molecular complexity index is 503. The van der Waals surface area contributed by atoms with Crippen LogP contribution in [0.25, 0.3) is 0 Å². The van der Waals surface area contributed by atoms with E-state index in [0.717, 1.165) is 6.20 Å². The maximum Gasteiger partial charge on any atom is 0.374 e. The molecule has 96 valence electrons. The van der Waals surface area contributed by atoms with Crippen molar-refractivity contribution >= 4 is 33.4 Å². The van der Waals surface area contributed by atoms with Crippen LogP contribution < -0.4 is 0 Å². The zero-order chi connectivity index (χ0) is 13.7. The quantitative estimate of drug-likeness (QED) is 0.268. The van der Waals surface area contributed by atoms with Gasteiger partial charge in [-0.25, -0.2) is 9.78 Å². The molecule has 1 rings (SSSR count). The molecule has 0 aliphatic carbocycles. The maximum absolute atomic E-state index is 11.5. The zero-order valence-corrected chi connectivity index (χ0v) is 11.0. The summed E-state index contributed by atoms with van der Waals surface area (Å²) in [5, 5.41) is 10.7. The van der Waals surface area contributed by atoms with Gasteiger partial charge in [0.1, 0.15) is 10.8 Å². The van der Waals surface area contributed by atoms with E-state index in [1.54, 1.807) is 6.92 Å². The summed E-state index contributed by atoms with van der Waals surface area (Å²) >= 11 is 3.04. The fourth-order valence-electron chi connectivity index (χ4n) is 1.22. The van der Waals surface area contributed by atoms with Gasteiger partial charge < -0.3 is 4.74 Å². The van der Waals surface area contributed by atoms with Crippen LogP contribution in [-0.4, -0.2) is 28.3 Å². The second kappa shape index (κ2) is 6.20. The van der Waals surface area contributed by atoms with Gasteiger partial charge >= 0.3 is 5.97 Å². The van der Waals surface area contributed by atoms with E-state index in [2.05, 4.69) is 25.7 Å². The largest absolute Gasteiger partial charge is 0.460 e. The van der Waals surface area contributed by atoms with Gasteiger partial charge in [0.15, 0.2) is 0 Å². The fourth-order valence-corrected chi connectivity index (χ4v) is 1.60. The second-order valence-corrected chi connectivity index (χ2v) is 4.03. The minimum absolute atomic E-state index is 0.0761. The van der Waals surface area contributed by atoms with Crippen LogP contribution in [-0.2, 0) is 20.7 Å². The highest BCUT2D eigenvalue weighted by Crippen LogP contribution is 2.21. The molecule has 0 amide bonds. The molecule has 0 atom stereocenters. The lowest BCUT2D eigenvalue weighted by atomic mass is 10.1. The molecule has 0 saturated carbocycles. The molecule has 18 heavy (non-hydrogen) atoms. The number of hydrogen-bond donors (Lipinski definition) is 0. The third-order valence-electron chi connectivity index (χ3n) is 1.98. The molecule has 0 radical (unpaired) electrons. The Morgan fingerprint density at radius 1 is 1.56 bits per heavy atom.